The molecule has 23 heavy (non-hydrogen) atoms. The van der Waals surface area contributed by atoms with Crippen molar-refractivity contribution in [3.05, 3.63) is 76.3 Å². The van der Waals surface area contributed by atoms with Gasteiger partial charge in [-0.25, -0.2) is 4.98 Å². The maximum absolute atomic E-state index is 12.0. The quantitative estimate of drug-likeness (QED) is 0.740. The fraction of sp³-hybridized carbons (Fsp3) is 0.0588. The van der Waals surface area contributed by atoms with Crippen LogP contribution in [0.2, 0.25) is 5.02 Å². The van der Waals surface area contributed by atoms with Crippen LogP contribution in [-0.4, -0.2) is 10.9 Å². The van der Waals surface area contributed by atoms with Crippen LogP contribution in [0, 0.1) is 0 Å². The monoisotopic (exact) mass is 344 g/mol. The van der Waals surface area contributed by atoms with E-state index in [4.69, 9.17) is 16.3 Å². The van der Waals surface area contributed by atoms with Crippen LogP contribution in [0.25, 0.3) is 0 Å². The van der Waals surface area contributed by atoms with Crippen LogP contribution < -0.4 is 10.1 Å². The molecule has 1 N–H and O–H groups in total. The summed E-state index contributed by atoms with van der Waals surface area (Å²) >= 11 is 7.24. The highest BCUT2D eigenvalue weighted by molar-refractivity contribution is 7.11. The van der Waals surface area contributed by atoms with E-state index in [1.54, 1.807) is 30.5 Å². The summed E-state index contributed by atoms with van der Waals surface area (Å²) in [5.41, 5.74) is 1.57. The SMILES string of the molecule is O=C(NCc1ccc(Oc2nccs2)cc1)c1ccc(Cl)cc1. The molecule has 0 aliphatic carbocycles. The number of thiazole rings is 1. The van der Waals surface area contributed by atoms with E-state index in [2.05, 4.69) is 10.3 Å². The Balaban J connectivity index is 1.56. The van der Waals surface area contributed by atoms with Gasteiger partial charge in [0.1, 0.15) is 5.75 Å². The number of halogens is 1. The van der Waals surface area contributed by atoms with Crippen molar-refractivity contribution in [1.29, 1.82) is 0 Å². The number of hydrogen-bond donors (Lipinski definition) is 1. The number of hydrogen-bond acceptors (Lipinski definition) is 4. The van der Waals surface area contributed by atoms with Crippen LogP contribution in [0.3, 0.4) is 0 Å². The van der Waals surface area contributed by atoms with Crippen LogP contribution in [0.1, 0.15) is 15.9 Å². The van der Waals surface area contributed by atoms with Crippen LogP contribution in [0.5, 0.6) is 10.9 Å². The van der Waals surface area contributed by atoms with E-state index in [1.165, 1.54) is 11.3 Å². The summed E-state index contributed by atoms with van der Waals surface area (Å²) in [5, 5.41) is 5.94. The average molecular weight is 345 g/mol. The molecule has 0 unspecified atom stereocenters. The third-order valence-electron chi connectivity index (χ3n) is 3.10. The first-order valence-electron chi connectivity index (χ1n) is 6.91. The average Bonchev–Trinajstić information content (AvgIpc) is 3.07. The predicted molar refractivity (Wildman–Crippen MR) is 91.3 cm³/mol. The molecule has 6 heteroatoms. The molecule has 3 aromatic rings. The number of benzene rings is 2. The van der Waals surface area contributed by atoms with Gasteiger partial charge in [-0.15, -0.1) is 0 Å². The molecule has 1 amide bonds. The highest BCUT2D eigenvalue weighted by Gasteiger charge is 2.05. The highest BCUT2D eigenvalue weighted by Crippen LogP contribution is 2.23. The van der Waals surface area contributed by atoms with Gasteiger partial charge in [0.15, 0.2) is 0 Å². The van der Waals surface area contributed by atoms with E-state index in [0.717, 1.165) is 5.56 Å². The van der Waals surface area contributed by atoms with Crippen LogP contribution in [0.4, 0.5) is 0 Å². The second kappa shape index (κ2) is 7.26. The van der Waals surface area contributed by atoms with Gasteiger partial charge < -0.3 is 10.1 Å². The van der Waals surface area contributed by atoms with E-state index < -0.39 is 0 Å². The maximum atomic E-state index is 12.0. The molecule has 3 rings (SSSR count). The largest absolute Gasteiger partial charge is 0.431 e. The van der Waals surface area contributed by atoms with Gasteiger partial charge in [-0.05, 0) is 42.0 Å². The Labute approximate surface area is 142 Å². The molecule has 0 atom stereocenters. The maximum Gasteiger partial charge on any atom is 0.278 e. The second-order valence-corrected chi connectivity index (χ2v) is 6.03. The number of carbonyl (C=O) groups excluding carboxylic acids is 1. The smallest absolute Gasteiger partial charge is 0.278 e. The standard InChI is InChI=1S/C17H13ClN2O2S/c18-14-5-3-13(4-6-14)16(21)20-11-12-1-7-15(8-2-12)22-17-19-9-10-23-17/h1-10H,11H2,(H,20,21). The molecule has 1 aromatic heterocycles. The van der Waals surface area contributed by atoms with Crippen molar-refractivity contribution in [2.24, 2.45) is 0 Å². The number of nitrogens with one attached hydrogen (secondary N) is 1. The van der Waals surface area contributed by atoms with Gasteiger partial charge in [0.05, 0.1) is 0 Å². The summed E-state index contributed by atoms with van der Waals surface area (Å²) in [4.78, 5) is 16.1. The lowest BCUT2D eigenvalue weighted by molar-refractivity contribution is 0.0951. The minimum Gasteiger partial charge on any atom is -0.431 e. The summed E-state index contributed by atoms with van der Waals surface area (Å²) in [6.45, 7) is 0.443. The molecule has 116 valence electrons. The Hall–Kier alpha value is -2.37. The molecule has 4 nitrogen and oxygen atoms in total. The summed E-state index contributed by atoms with van der Waals surface area (Å²) in [7, 11) is 0. The summed E-state index contributed by atoms with van der Waals surface area (Å²) in [6.07, 6.45) is 1.70. The zero-order valence-electron chi connectivity index (χ0n) is 12.0. The first-order chi connectivity index (χ1) is 11.2. The second-order valence-electron chi connectivity index (χ2n) is 4.73. The molecule has 0 bridgehead atoms. The predicted octanol–water partition coefficient (Wildman–Crippen LogP) is 4.52. The first kappa shape index (κ1) is 15.5. The van der Waals surface area contributed by atoms with E-state index >= 15 is 0 Å². The van der Waals surface area contributed by atoms with Gasteiger partial charge in [0, 0.05) is 28.7 Å². The number of carbonyl (C=O) groups is 1. The minimum atomic E-state index is -0.134. The van der Waals surface area contributed by atoms with Crippen molar-refractivity contribution in [2.45, 2.75) is 6.54 Å². The third-order valence-corrected chi connectivity index (χ3v) is 4.00. The van der Waals surface area contributed by atoms with Gasteiger partial charge in [-0.3, -0.25) is 4.79 Å². The molecule has 0 aliphatic rings. The zero-order chi connectivity index (χ0) is 16.1. The van der Waals surface area contributed by atoms with Gasteiger partial charge >= 0.3 is 0 Å². The molecule has 0 fully saturated rings. The number of aromatic nitrogens is 1. The van der Waals surface area contributed by atoms with Crippen molar-refractivity contribution in [1.82, 2.24) is 10.3 Å². The first-order valence-corrected chi connectivity index (χ1v) is 8.16. The Bertz CT molecular complexity index is 771. The van der Waals surface area contributed by atoms with Gasteiger partial charge in [0.25, 0.3) is 11.1 Å². The van der Waals surface area contributed by atoms with Crippen molar-refractivity contribution in [3.63, 3.8) is 0 Å². The van der Waals surface area contributed by atoms with Crippen LogP contribution in [-0.2, 0) is 6.54 Å². The third kappa shape index (κ3) is 4.31. The molecule has 2 aromatic carbocycles. The van der Waals surface area contributed by atoms with E-state index in [-0.39, 0.29) is 5.91 Å². The molecule has 1 heterocycles. The zero-order valence-corrected chi connectivity index (χ0v) is 13.6. The van der Waals surface area contributed by atoms with Gasteiger partial charge in [-0.1, -0.05) is 35.1 Å². The lowest BCUT2D eigenvalue weighted by atomic mass is 10.2. The van der Waals surface area contributed by atoms with Crippen molar-refractivity contribution in [2.75, 3.05) is 0 Å². The number of ether oxygens (including phenoxy) is 1. The van der Waals surface area contributed by atoms with E-state index in [9.17, 15) is 4.79 Å². The fourth-order valence-electron chi connectivity index (χ4n) is 1.92. The lowest BCUT2D eigenvalue weighted by Gasteiger charge is -2.07. The Morgan fingerprint density at radius 1 is 1.13 bits per heavy atom. The molecule has 0 aliphatic heterocycles. The van der Waals surface area contributed by atoms with Crippen molar-refractivity contribution in [3.8, 4) is 10.9 Å². The Kier molecular flexibility index (Phi) is 4.90. The van der Waals surface area contributed by atoms with Crippen LogP contribution >= 0.6 is 22.9 Å². The summed E-state index contributed by atoms with van der Waals surface area (Å²) in [6, 6.07) is 14.3. The number of nitrogens with zero attached hydrogens (tertiary/aromatic N) is 1. The number of amides is 1. The fourth-order valence-corrected chi connectivity index (χ4v) is 2.55. The minimum absolute atomic E-state index is 0.134. The molecule has 0 spiro atoms. The Morgan fingerprint density at radius 3 is 2.52 bits per heavy atom. The topological polar surface area (TPSA) is 51.2 Å². The van der Waals surface area contributed by atoms with Gasteiger partial charge in [-0.2, -0.15) is 0 Å². The number of rotatable bonds is 5. The summed E-state index contributed by atoms with van der Waals surface area (Å²) in [5.74, 6) is 0.581. The van der Waals surface area contributed by atoms with Crippen molar-refractivity contribution >= 4 is 28.8 Å². The molecular formula is C17H13ClN2O2S. The molecular weight excluding hydrogens is 332 g/mol. The summed E-state index contributed by atoms with van der Waals surface area (Å²) < 4.78 is 5.59. The Morgan fingerprint density at radius 2 is 1.87 bits per heavy atom. The lowest BCUT2D eigenvalue weighted by Crippen LogP contribution is -2.22. The highest BCUT2D eigenvalue weighted by atomic mass is 35.5. The molecule has 0 saturated carbocycles. The van der Waals surface area contributed by atoms with Crippen LogP contribution in [0.15, 0.2) is 60.1 Å². The van der Waals surface area contributed by atoms with Crippen molar-refractivity contribution < 1.29 is 9.53 Å². The van der Waals surface area contributed by atoms with E-state index in [0.29, 0.717) is 28.1 Å². The molecule has 0 saturated heterocycles. The van der Waals surface area contributed by atoms with E-state index in [1.807, 2.05) is 29.6 Å². The normalized spacial score (nSPS) is 10.3. The van der Waals surface area contributed by atoms with Gasteiger partial charge in [0.2, 0.25) is 0 Å². The molecule has 0 radical (unpaired) electrons.